The molecule has 0 unspecified atom stereocenters. The third kappa shape index (κ3) is 4.67. The molecule has 4 aromatic rings. The van der Waals surface area contributed by atoms with E-state index in [0.717, 1.165) is 21.4 Å². The Labute approximate surface area is 188 Å². The first-order valence-corrected chi connectivity index (χ1v) is 9.81. The van der Waals surface area contributed by atoms with Crippen molar-refractivity contribution in [2.24, 2.45) is 7.05 Å². The van der Waals surface area contributed by atoms with Crippen molar-refractivity contribution < 1.29 is 17.9 Å². The predicted octanol–water partition coefficient (Wildman–Crippen LogP) is 3.84. The molecule has 0 aliphatic rings. The van der Waals surface area contributed by atoms with E-state index in [1.165, 1.54) is 19.2 Å². The molecule has 0 radical (unpaired) electrons. The number of pyridine rings is 2. The average molecular weight is 478 g/mol. The summed E-state index contributed by atoms with van der Waals surface area (Å²) in [5.41, 5.74) is -1.62. The molecule has 0 spiro atoms. The molecule has 3 heterocycles. The van der Waals surface area contributed by atoms with Gasteiger partial charge in [0.05, 0.1) is 6.54 Å². The van der Waals surface area contributed by atoms with Gasteiger partial charge in [0, 0.05) is 36.2 Å². The molecule has 4 rings (SSSR count). The maximum atomic E-state index is 13.7. The van der Waals surface area contributed by atoms with Gasteiger partial charge >= 0.3 is 11.9 Å². The number of nitrogens with one attached hydrogen (secondary N) is 1. The van der Waals surface area contributed by atoms with Gasteiger partial charge in [-0.1, -0.05) is 17.7 Å². The van der Waals surface area contributed by atoms with Gasteiger partial charge in [-0.15, -0.1) is 0 Å². The van der Waals surface area contributed by atoms with Gasteiger partial charge < -0.3 is 9.30 Å². The van der Waals surface area contributed by atoms with Crippen LogP contribution < -0.4 is 16.0 Å². The molecule has 0 fully saturated rings. The first-order chi connectivity index (χ1) is 15.6. The SMILES string of the molecule is Cn1c(Cn2ccc(C(F)(F)F)c(Oc3cc(Cl)cc(-c4cccnc4)c3)c2=O)n[nH]c1=O. The fourth-order valence-electron chi connectivity index (χ4n) is 3.11. The number of alkyl halides is 3. The van der Waals surface area contributed by atoms with E-state index in [2.05, 4.69) is 15.2 Å². The minimum absolute atomic E-state index is 0.0612. The zero-order chi connectivity index (χ0) is 23.8. The summed E-state index contributed by atoms with van der Waals surface area (Å²) in [4.78, 5) is 28.5. The standard InChI is InChI=1S/C21H15ClF3N5O3/c1-29-17(27-28-20(29)32)11-30-6-4-16(21(23,24)25)18(19(30)31)33-15-8-13(7-14(22)9-15)12-3-2-5-26-10-12/h2-10H,11H2,1H3,(H,28,32). The second-order valence-corrected chi connectivity index (χ2v) is 7.45. The van der Waals surface area contributed by atoms with Crippen LogP contribution >= 0.6 is 11.6 Å². The Morgan fingerprint density at radius 1 is 1.15 bits per heavy atom. The number of rotatable bonds is 5. The van der Waals surface area contributed by atoms with Crippen molar-refractivity contribution in [3.63, 3.8) is 0 Å². The molecule has 0 atom stereocenters. The molecule has 33 heavy (non-hydrogen) atoms. The first kappa shape index (κ1) is 22.3. The van der Waals surface area contributed by atoms with Crippen LogP contribution in [0.5, 0.6) is 11.5 Å². The van der Waals surface area contributed by atoms with Gasteiger partial charge in [0.25, 0.3) is 5.56 Å². The highest BCUT2D eigenvalue weighted by atomic mass is 35.5. The molecule has 0 bridgehead atoms. The normalized spacial score (nSPS) is 11.5. The minimum atomic E-state index is -4.85. The Morgan fingerprint density at radius 3 is 2.58 bits per heavy atom. The lowest BCUT2D eigenvalue weighted by Crippen LogP contribution is -2.26. The number of benzene rings is 1. The molecule has 170 valence electrons. The quantitative estimate of drug-likeness (QED) is 0.471. The van der Waals surface area contributed by atoms with Gasteiger partial charge in [-0.3, -0.25) is 14.3 Å². The number of ether oxygens (including phenoxy) is 1. The van der Waals surface area contributed by atoms with Crippen LogP contribution in [0, 0.1) is 0 Å². The lowest BCUT2D eigenvalue weighted by Gasteiger charge is -2.16. The van der Waals surface area contributed by atoms with Crippen LogP contribution in [-0.4, -0.2) is 24.3 Å². The molecule has 3 aromatic heterocycles. The van der Waals surface area contributed by atoms with E-state index >= 15 is 0 Å². The smallest absolute Gasteiger partial charge is 0.420 e. The van der Waals surface area contributed by atoms with Gasteiger partial charge in [-0.25, -0.2) is 9.89 Å². The highest BCUT2D eigenvalue weighted by Gasteiger charge is 2.36. The number of aromatic nitrogens is 5. The number of halogens is 4. The molecule has 1 aromatic carbocycles. The van der Waals surface area contributed by atoms with E-state index in [1.807, 2.05) is 0 Å². The van der Waals surface area contributed by atoms with Gasteiger partial charge in [0.15, 0.2) is 5.82 Å². The summed E-state index contributed by atoms with van der Waals surface area (Å²) in [7, 11) is 1.42. The van der Waals surface area contributed by atoms with Crippen LogP contribution in [0.2, 0.25) is 5.02 Å². The average Bonchev–Trinajstić information content (AvgIpc) is 3.08. The number of nitrogens with zero attached hydrogens (tertiary/aromatic N) is 4. The van der Waals surface area contributed by atoms with E-state index < -0.39 is 28.7 Å². The van der Waals surface area contributed by atoms with Crippen molar-refractivity contribution in [2.75, 3.05) is 0 Å². The van der Waals surface area contributed by atoms with Crippen molar-refractivity contribution in [3.05, 3.63) is 92.2 Å². The minimum Gasteiger partial charge on any atom is -0.451 e. The number of hydrogen-bond acceptors (Lipinski definition) is 5. The van der Waals surface area contributed by atoms with Crippen molar-refractivity contribution in [1.82, 2.24) is 24.3 Å². The van der Waals surface area contributed by atoms with Crippen molar-refractivity contribution in [1.29, 1.82) is 0 Å². The summed E-state index contributed by atoms with van der Waals surface area (Å²) >= 11 is 6.14. The summed E-state index contributed by atoms with van der Waals surface area (Å²) in [6, 6.07) is 8.52. The second kappa shape index (κ2) is 8.58. The van der Waals surface area contributed by atoms with Crippen LogP contribution in [0.4, 0.5) is 13.2 Å². The molecule has 12 heteroatoms. The zero-order valence-electron chi connectivity index (χ0n) is 16.9. The third-order valence-corrected chi connectivity index (χ3v) is 5.01. The fourth-order valence-corrected chi connectivity index (χ4v) is 3.34. The summed E-state index contributed by atoms with van der Waals surface area (Å²) in [5.74, 6) is -0.840. The Balaban J connectivity index is 1.79. The highest BCUT2D eigenvalue weighted by Crippen LogP contribution is 2.37. The van der Waals surface area contributed by atoms with Crippen LogP contribution in [0.25, 0.3) is 11.1 Å². The van der Waals surface area contributed by atoms with Gasteiger partial charge in [0.2, 0.25) is 5.75 Å². The van der Waals surface area contributed by atoms with Crippen molar-refractivity contribution in [3.8, 4) is 22.6 Å². The molecular formula is C21H15ClF3N5O3. The maximum Gasteiger partial charge on any atom is 0.420 e. The van der Waals surface area contributed by atoms with E-state index in [4.69, 9.17) is 16.3 Å². The van der Waals surface area contributed by atoms with Crippen LogP contribution in [0.15, 0.2) is 64.6 Å². The Bertz CT molecular complexity index is 1430. The van der Waals surface area contributed by atoms with Gasteiger partial charge in [-0.05, 0) is 35.9 Å². The molecule has 0 aliphatic heterocycles. The summed E-state index contributed by atoms with van der Waals surface area (Å²) < 4.78 is 48.5. The number of H-pyrrole nitrogens is 1. The van der Waals surface area contributed by atoms with Crippen LogP contribution in [0.3, 0.4) is 0 Å². The molecule has 0 saturated heterocycles. The summed E-state index contributed by atoms with van der Waals surface area (Å²) in [6.07, 6.45) is -0.753. The summed E-state index contributed by atoms with van der Waals surface area (Å²) in [6.45, 7) is -0.251. The zero-order valence-corrected chi connectivity index (χ0v) is 17.7. The van der Waals surface area contributed by atoms with Gasteiger partial charge in [-0.2, -0.15) is 18.3 Å². The van der Waals surface area contributed by atoms with Crippen molar-refractivity contribution >= 4 is 11.6 Å². The molecule has 1 N–H and O–H groups in total. The first-order valence-electron chi connectivity index (χ1n) is 9.43. The monoisotopic (exact) mass is 477 g/mol. The lowest BCUT2D eigenvalue weighted by atomic mass is 10.1. The van der Waals surface area contributed by atoms with Crippen molar-refractivity contribution in [2.45, 2.75) is 12.7 Å². The van der Waals surface area contributed by atoms with E-state index in [9.17, 15) is 22.8 Å². The number of aromatic amines is 1. The molecule has 8 nitrogen and oxygen atoms in total. The molecule has 0 aliphatic carbocycles. The molecular weight excluding hydrogens is 463 g/mol. The highest BCUT2D eigenvalue weighted by molar-refractivity contribution is 6.31. The predicted molar refractivity (Wildman–Crippen MR) is 113 cm³/mol. The van der Waals surface area contributed by atoms with E-state index in [-0.39, 0.29) is 23.1 Å². The second-order valence-electron chi connectivity index (χ2n) is 7.01. The van der Waals surface area contributed by atoms with Crippen LogP contribution in [0.1, 0.15) is 11.4 Å². The largest absolute Gasteiger partial charge is 0.451 e. The van der Waals surface area contributed by atoms with E-state index in [1.54, 1.807) is 30.6 Å². The van der Waals surface area contributed by atoms with Gasteiger partial charge in [0.1, 0.15) is 11.3 Å². The number of hydrogen-bond donors (Lipinski definition) is 1. The lowest BCUT2D eigenvalue weighted by molar-refractivity contribution is -0.138. The third-order valence-electron chi connectivity index (χ3n) is 4.80. The maximum absolute atomic E-state index is 13.7. The van der Waals surface area contributed by atoms with E-state index in [0.29, 0.717) is 11.1 Å². The summed E-state index contributed by atoms with van der Waals surface area (Å²) in [5, 5.41) is 6.18. The molecule has 0 saturated carbocycles. The Morgan fingerprint density at radius 2 is 1.94 bits per heavy atom. The Kier molecular flexibility index (Phi) is 5.81. The molecule has 0 amide bonds. The topological polar surface area (TPSA) is 94.8 Å². The van der Waals surface area contributed by atoms with Crippen LogP contribution in [-0.2, 0) is 19.8 Å². The fraction of sp³-hybridized carbons (Fsp3) is 0.143. The Hall–Kier alpha value is -3.86.